The molecule has 0 atom stereocenters. The van der Waals surface area contributed by atoms with Gasteiger partial charge in [0.05, 0.1) is 11.0 Å². The van der Waals surface area contributed by atoms with E-state index in [0.717, 1.165) is 11.1 Å². The van der Waals surface area contributed by atoms with Gasteiger partial charge < -0.3 is 4.98 Å². The number of hydrogen-bond acceptors (Lipinski definition) is 1. The predicted octanol–water partition coefficient (Wildman–Crippen LogP) is 4.27. The SMILES string of the molecule is Cc1ccc2c(c1)[nH]c(=S)n2-c1c(F)cccc1F. The van der Waals surface area contributed by atoms with Crippen LogP contribution in [0.4, 0.5) is 8.78 Å². The van der Waals surface area contributed by atoms with E-state index in [1.54, 1.807) is 6.07 Å². The third-order valence-corrected chi connectivity index (χ3v) is 3.28. The summed E-state index contributed by atoms with van der Waals surface area (Å²) in [6.45, 7) is 1.94. The molecule has 0 aliphatic carbocycles. The molecule has 19 heavy (non-hydrogen) atoms. The Hall–Kier alpha value is -2.01. The summed E-state index contributed by atoms with van der Waals surface area (Å²) in [6, 6.07) is 9.32. The Morgan fingerprint density at radius 3 is 2.47 bits per heavy atom. The van der Waals surface area contributed by atoms with Gasteiger partial charge in [-0.1, -0.05) is 12.1 Å². The molecule has 0 saturated heterocycles. The number of nitrogens with zero attached hydrogens (tertiary/aromatic N) is 1. The van der Waals surface area contributed by atoms with Crippen molar-refractivity contribution in [3.63, 3.8) is 0 Å². The molecular weight excluding hydrogens is 266 g/mol. The zero-order valence-corrected chi connectivity index (χ0v) is 10.9. The van der Waals surface area contributed by atoms with Crippen LogP contribution in [0.1, 0.15) is 5.56 Å². The molecular formula is C14H10F2N2S. The molecule has 0 bridgehead atoms. The number of aromatic nitrogens is 2. The van der Waals surface area contributed by atoms with Crippen molar-refractivity contribution in [1.29, 1.82) is 0 Å². The highest BCUT2D eigenvalue weighted by molar-refractivity contribution is 7.71. The monoisotopic (exact) mass is 276 g/mol. The highest BCUT2D eigenvalue weighted by Gasteiger charge is 2.14. The van der Waals surface area contributed by atoms with Crippen LogP contribution in [0, 0.1) is 23.3 Å². The highest BCUT2D eigenvalue weighted by Crippen LogP contribution is 2.24. The van der Waals surface area contributed by atoms with E-state index in [2.05, 4.69) is 4.98 Å². The van der Waals surface area contributed by atoms with Gasteiger partial charge in [0.1, 0.15) is 17.3 Å². The lowest BCUT2D eigenvalue weighted by Crippen LogP contribution is -2.01. The first-order valence-corrected chi connectivity index (χ1v) is 6.14. The van der Waals surface area contributed by atoms with Crippen LogP contribution < -0.4 is 0 Å². The maximum Gasteiger partial charge on any atom is 0.182 e. The lowest BCUT2D eigenvalue weighted by Gasteiger charge is -2.07. The molecule has 0 aliphatic heterocycles. The number of H-pyrrole nitrogens is 1. The van der Waals surface area contributed by atoms with Crippen molar-refractivity contribution in [2.75, 3.05) is 0 Å². The van der Waals surface area contributed by atoms with Gasteiger partial charge in [0.15, 0.2) is 4.77 Å². The van der Waals surface area contributed by atoms with Gasteiger partial charge in [0.25, 0.3) is 0 Å². The van der Waals surface area contributed by atoms with Crippen LogP contribution in [0.5, 0.6) is 0 Å². The maximum atomic E-state index is 13.9. The van der Waals surface area contributed by atoms with Crippen LogP contribution in [-0.2, 0) is 0 Å². The molecule has 0 amide bonds. The van der Waals surface area contributed by atoms with E-state index < -0.39 is 11.6 Å². The minimum Gasteiger partial charge on any atom is -0.330 e. The van der Waals surface area contributed by atoms with Crippen LogP contribution in [0.15, 0.2) is 36.4 Å². The van der Waals surface area contributed by atoms with Gasteiger partial charge in [-0.3, -0.25) is 4.57 Å². The number of para-hydroxylation sites is 1. The molecule has 0 spiro atoms. The van der Waals surface area contributed by atoms with Gasteiger partial charge >= 0.3 is 0 Å². The molecule has 0 aliphatic rings. The second kappa shape index (κ2) is 4.28. The summed E-state index contributed by atoms with van der Waals surface area (Å²) in [6.07, 6.45) is 0. The Morgan fingerprint density at radius 2 is 1.79 bits per heavy atom. The largest absolute Gasteiger partial charge is 0.330 e. The molecule has 0 saturated carbocycles. The fraction of sp³-hybridized carbons (Fsp3) is 0.0714. The first-order chi connectivity index (χ1) is 9.08. The summed E-state index contributed by atoms with van der Waals surface area (Å²) in [5, 5.41) is 0. The number of hydrogen-bond donors (Lipinski definition) is 1. The molecule has 0 fully saturated rings. The minimum absolute atomic E-state index is 0.150. The zero-order chi connectivity index (χ0) is 13.6. The number of fused-ring (bicyclic) bond motifs is 1. The van der Waals surface area contributed by atoms with Crippen LogP contribution >= 0.6 is 12.2 Å². The van der Waals surface area contributed by atoms with E-state index in [1.807, 2.05) is 19.1 Å². The van der Waals surface area contributed by atoms with Crippen LogP contribution in [0.2, 0.25) is 0 Å². The Labute approximate surface area is 113 Å². The van der Waals surface area contributed by atoms with Gasteiger partial charge in [-0.2, -0.15) is 0 Å². The molecule has 0 radical (unpaired) electrons. The van der Waals surface area contributed by atoms with Gasteiger partial charge in [-0.25, -0.2) is 8.78 Å². The van der Waals surface area contributed by atoms with E-state index >= 15 is 0 Å². The average molecular weight is 276 g/mol. The number of halogens is 2. The smallest absolute Gasteiger partial charge is 0.182 e. The van der Waals surface area contributed by atoms with Crippen LogP contribution in [0.25, 0.3) is 16.7 Å². The molecule has 5 heteroatoms. The lowest BCUT2D eigenvalue weighted by atomic mass is 10.2. The first-order valence-electron chi connectivity index (χ1n) is 5.73. The number of imidazole rings is 1. The standard InChI is InChI=1S/C14H10F2N2S/c1-8-5-6-12-11(7-8)17-14(19)18(12)13-9(15)3-2-4-10(13)16/h2-7H,1H3,(H,17,19). The van der Waals surface area contributed by atoms with Crippen molar-refractivity contribution in [1.82, 2.24) is 9.55 Å². The van der Waals surface area contributed by atoms with Gasteiger partial charge in [0.2, 0.25) is 0 Å². The van der Waals surface area contributed by atoms with Crippen molar-refractivity contribution in [3.05, 3.63) is 58.4 Å². The number of aryl methyl sites for hydroxylation is 1. The van der Waals surface area contributed by atoms with Crippen LogP contribution in [0.3, 0.4) is 0 Å². The van der Waals surface area contributed by atoms with Crippen molar-refractivity contribution in [2.45, 2.75) is 6.92 Å². The molecule has 1 N–H and O–H groups in total. The molecule has 96 valence electrons. The van der Waals surface area contributed by atoms with Crippen molar-refractivity contribution in [3.8, 4) is 5.69 Å². The van der Waals surface area contributed by atoms with Gasteiger partial charge in [0, 0.05) is 0 Å². The molecule has 1 aromatic heterocycles. The van der Waals surface area contributed by atoms with E-state index in [9.17, 15) is 8.78 Å². The summed E-state index contributed by atoms with van der Waals surface area (Å²) in [5.74, 6) is -1.28. The Bertz CT molecular complexity index is 813. The second-order valence-corrected chi connectivity index (χ2v) is 4.74. The van der Waals surface area contributed by atoms with Crippen molar-refractivity contribution >= 4 is 23.3 Å². The zero-order valence-electron chi connectivity index (χ0n) is 10.1. The fourth-order valence-electron chi connectivity index (χ4n) is 2.15. The number of nitrogens with one attached hydrogen (secondary N) is 1. The Balaban J connectivity index is 2.43. The summed E-state index contributed by atoms with van der Waals surface area (Å²) in [7, 11) is 0. The number of benzene rings is 2. The molecule has 0 unspecified atom stereocenters. The fourth-order valence-corrected chi connectivity index (χ4v) is 2.45. The lowest BCUT2D eigenvalue weighted by molar-refractivity contribution is 0.570. The van der Waals surface area contributed by atoms with E-state index in [4.69, 9.17) is 12.2 Å². The Kier molecular flexibility index (Phi) is 2.71. The topological polar surface area (TPSA) is 20.7 Å². The summed E-state index contributed by atoms with van der Waals surface area (Å²) >= 11 is 5.17. The minimum atomic E-state index is -0.641. The highest BCUT2D eigenvalue weighted by atomic mass is 32.1. The van der Waals surface area contributed by atoms with E-state index in [1.165, 1.54) is 22.8 Å². The molecule has 3 rings (SSSR count). The Morgan fingerprint density at radius 1 is 1.11 bits per heavy atom. The number of rotatable bonds is 1. The third-order valence-electron chi connectivity index (χ3n) is 3.00. The summed E-state index contributed by atoms with van der Waals surface area (Å²) in [4.78, 5) is 2.97. The maximum absolute atomic E-state index is 13.9. The molecule has 2 aromatic carbocycles. The first kappa shape index (κ1) is 12.0. The van der Waals surface area contributed by atoms with Crippen molar-refractivity contribution < 1.29 is 8.78 Å². The summed E-state index contributed by atoms with van der Waals surface area (Å²) < 4.78 is 29.4. The molecule has 3 aromatic rings. The third kappa shape index (κ3) is 1.86. The number of aromatic amines is 1. The normalized spacial score (nSPS) is 11.1. The average Bonchev–Trinajstić information content (AvgIpc) is 2.65. The van der Waals surface area contributed by atoms with E-state index in [0.29, 0.717) is 5.52 Å². The van der Waals surface area contributed by atoms with Gasteiger partial charge in [-0.05, 0) is 49.0 Å². The second-order valence-electron chi connectivity index (χ2n) is 4.36. The van der Waals surface area contributed by atoms with Crippen LogP contribution in [-0.4, -0.2) is 9.55 Å². The van der Waals surface area contributed by atoms with Gasteiger partial charge in [-0.15, -0.1) is 0 Å². The van der Waals surface area contributed by atoms with E-state index in [-0.39, 0.29) is 10.5 Å². The molecule has 2 nitrogen and oxygen atoms in total. The predicted molar refractivity (Wildman–Crippen MR) is 73.1 cm³/mol. The molecule has 1 heterocycles. The quantitative estimate of drug-likeness (QED) is 0.658. The van der Waals surface area contributed by atoms with Crippen molar-refractivity contribution in [2.24, 2.45) is 0 Å². The summed E-state index contributed by atoms with van der Waals surface area (Å²) in [5.41, 5.74) is 2.31.